The van der Waals surface area contributed by atoms with Crippen molar-refractivity contribution in [1.82, 2.24) is 4.90 Å². The van der Waals surface area contributed by atoms with Gasteiger partial charge in [-0.05, 0) is 36.5 Å². The van der Waals surface area contributed by atoms with Crippen molar-refractivity contribution in [2.75, 3.05) is 13.2 Å². The highest BCUT2D eigenvalue weighted by atomic mass is 35.5. The largest absolute Gasteiger partial charge is 0.394 e. The highest BCUT2D eigenvalue weighted by Crippen LogP contribution is 2.30. The molecular weight excluding hydrogens is 274 g/mol. The number of likely N-dealkylation sites (tertiary alicyclic amines) is 1. The molecule has 1 aliphatic rings. The summed E-state index contributed by atoms with van der Waals surface area (Å²) >= 11 is 5.92. The van der Waals surface area contributed by atoms with Gasteiger partial charge in [0.2, 0.25) is 5.91 Å². The number of carbonyl (C=O) groups excluding carboxylic acids is 1. The Balaban J connectivity index is 2.24. The van der Waals surface area contributed by atoms with E-state index in [-0.39, 0.29) is 30.4 Å². The zero-order chi connectivity index (χ0) is 14.7. The van der Waals surface area contributed by atoms with Gasteiger partial charge in [0.15, 0.2) is 0 Å². The first-order chi connectivity index (χ1) is 9.54. The van der Waals surface area contributed by atoms with Gasteiger partial charge < -0.3 is 10.0 Å². The molecule has 20 heavy (non-hydrogen) atoms. The molecule has 1 amide bonds. The van der Waals surface area contributed by atoms with Gasteiger partial charge in [-0.2, -0.15) is 0 Å². The normalized spacial score (nSPS) is 20.4. The number of aliphatic hydroxyl groups is 1. The van der Waals surface area contributed by atoms with E-state index in [1.54, 1.807) is 0 Å². The molecule has 0 spiro atoms. The van der Waals surface area contributed by atoms with E-state index in [9.17, 15) is 9.90 Å². The molecule has 2 rings (SSSR count). The average Bonchev–Trinajstić information content (AvgIpc) is 2.89. The monoisotopic (exact) mass is 295 g/mol. The van der Waals surface area contributed by atoms with Crippen LogP contribution in [0.15, 0.2) is 24.3 Å². The van der Waals surface area contributed by atoms with E-state index in [4.69, 9.17) is 11.6 Å². The molecule has 1 aliphatic heterocycles. The average molecular weight is 296 g/mol. The van der Waals surface area contributed by atoms with Crippen LogP contribution in [0.25, 0.3) is 0 Å². The molecule has 4 heteroatoms. The highest BCUT2D eigenvalue weighted by Gasteiger charge is 2.34. The summed E-state index contributed by atoms with van der Waals surface area (Å²) in [5.74, 6) is 0.168. The summed E-state index contributed by atoms with van der Waals surface area (Å²) in [6, 6.07) is 7.49. The standard InChI is InChI=1S/C16H22ClNO2/c1-11(2)15(12-5-7-13(17)8-6-12)16(20)18-9-3-4-14(18)10-19/h5-8,11,14-15,19H,3-4,9-10H2,1-2H3. The van der Waals surface area contributed by atoms with Crippen molar-refractivity contribution in [2.45, 2.75) is 38.6 Å². The number of carbonyl (C=O) groups is 1. The minimum absolute atomic E-state index is 0.0175. The van der Waals surface area contributed by atoms with Gasteiger partial charge in [-0.3, -0.25) is 4.79 Å². The van der Waals surface area contributed by atoms with E-state index in [1.165, 1.54) is 0 Å². The van der Waals surface area contributed by atoms with Crippen LogP contribution < -0.4 is 0 Å². The third-order valence-corrected chi connectivity index (χ3v) is 4.28. The minimum Gasteiger partial charge on any atom is -0.394 e. The Morgan fingerprint density at radius 1 is 1.40 bits per heavy atom. The van der Waals surface area contributed by atoms with Gasteiger partial charge in [-0.1, -0.05) is 37.6 Å². The van der Waals surface area contributed by atoms with Crippen LogP contribution in [0.3, 0.4) is 0 Å². The smallest absolute Gasteiger partial charge is 0.230 e. The van der Waals surface area contributed by atoms with E-state index in [0.29, 0.717) is 5.02 Å². The van der Waals surface area contributed by atoms with Gasteiger partial charge in [0.05, 0.1) is 18.6 Å². The molecule has 1 saturated heterocycles. The van der Waals surface area contributed by atoms with Crippen molar-refractivity contribution in [2.24, 2.45) is 5.92 Å². The lowest BCUT2D eigenvalue weighted by molar-refractivity contribution is -0.135. The van der Waals surface area contributed by atoms with Crippen LogP contribution in [-0.4, -0.2) is 35.1 Å². The van der Waals surface area contributed by atoms with E-state index in [2.05, 4.69) is 13.8 Å². The van der Waals surface area contributed by atoms with Crippen molar-refractivity contribution in [3.05, 3.63) is 34.9 Å². The first-order valence-corrected chi connectivity index (χ1v) is 7.59. The maximum absolute atomic E-state index is 12.8. The third kappa shape index (κ3) is 3.15. The Labute approximate surface area is 125 Å². The first-order valence-electron chi connectivity index (χ1n) is 7.21. The van der Waals surface area contributed by atoms with E-state index >= 15 is 0 Å². The SMILES string of the molecule is CC(C)C(C(=O)N1CCCC1CO)c1ccc(Cl)cc1. The summed E-state index contributed by atoms with van der Waals surface area (Å²) in [5, 5.41) is 10.1. The Kier molecular flexibility index (Phi) is 5.06. The fourth-order valence-electron chi connectivity index (χ4n) is 2.98. The first kappa shape index (κ1) is 15.3. The Morgan fingerprint density at radius 3 is 2.60 bits per heavy atom. The van der Waals surface area contributed by atoms with Gasteiger partial charge in [0.1, 0.15) is 0 Å². The summed E-state index contributed by atoms with van der Waals surface area (Å²) in [5.41, 5.74) is 0.998. The summed E-state index contributed by atoms with van der Waals surface area (Å²) in [6.07, 6.45) is 1.87. The lowest BCUT2D eigenvalue weighted by Gasteiger charge is -2.30. The molecule has 0 saturated carbocycles. The van der Waals surface area contributed by atoms with Crippen LogP contribution >= 0.6 is 11.6 Å². The molecule has 110 valence electrons. The van der Waals surface area contributed by atoms with Crippen LogP contribution in [0.5, 0.6) is 0 Å². The van der Waals surface area contributed by atoms with Crippen molar-refractivity contribution in [3.63, 3.8) is 0 Å². The van der Waals surface area contributed by atoms with E-state index in [0.717, 1.165) is 24.9 Å². The Bertz CT molecular complexity index is 458. The fraction of sp³-hybridized carbons (Fsp3) is 0.562. The van der Waals surface area contributed by atoms with Crippen LogP contribution in [0.4, 0.5) is 0 Å². The minimum atomic E-state index is -0.167. The number of nitrogens with zero attached hydrogens (tertiary/aromatic N) is 1. The number of rotatable bonds is 4. The van der Waals surface area contributed by atoms with Gasteiger partial charge >= 0.3 is 0 Å². The lowest BCUT2D eigenvalue weighted by atomic mass is 9.87. The predicted octanol–water partition coefficient (Wildman–Crippen LogP) is 3.06. The second-order valence-corrected chi connectivity index (χ2v) is 6.22. The molecule has 1 N–H and O–H groups in total. The van der Waals surface area contributed by atoms with Crippen LogP contribution in [0, 0.1) is 5.92 Å². The molecular formula is C16H22ClNO2. The zero-order valence-electron chi connectivity index (χ0n) is 12.1. The Morgan fingerprint density at radius 2 is 2.05 bits per heavy atom. The Hall–Kier alpha value is -1.06. The highest BCUT2D eigenvalue weighted by molar-refractivity contribution is 6.30. The third-order valence-electron chi connectivity index (χ3n) is 4.03. The molecule has 2 unspecified atom stereocenters. The van der Waals surface area contributed by atoms with Gasteiger partial charge in [0.25, 0.3) is 0 Å². The number of hydrogen-bond acceptors (Lipinski definition) is 2. The lowest BCUT2D eigenvalue weighted by Crippen LogP contribution is -2.41. The van der Waals surface area contributed by atoms with Crippen molar-refractivity contribution < 1.29 is 9.90 Å². The molecule has 0 aromatic heterocycles. The predicted molar refractivity (Wildman–Crippen MR) is 80.9 cm³/mol. The molecule has 0 bridgehead atoms. The summed E-state index contributed by atoms with van der Waals surface area (Å²) in [6.45, 7) is 4.92. The summed E-state index contributed by atoms with van der Waals surface area (Å²) in [4.78, 5) is 14.7. The number of aliphatic hydroxyl groups excluding tert-OH is 1. The molecule has 0 aliphatic carbocycles. The number of amides is 1. The van der Waals surface area contributed by atoms with E-state index in [1.807, 2.05) is 29.2 Å². The van der Waals surface area contributed by atoms with Crippen molar-refractivity contribution in [3.8, 4) is 0 Å². The number of benzene rings is 1. The van der Waals surface area contributed by atoms with Gasteiger partial charge in [0, 0.05) is 11.6 Å². The number of halogens is 1. The second kappa shape index (κ2) is 6.59. The summed E-state index contributed by atoms with van der Waals surface area (Å²) in [7, 11) is 0. The van der Waals surface area contributed by atoms with Crippen molar-refractivity contribution in [1.29, 1.82) is 0 Å². The molecule has 1 aromatic rings. The molecule has 3 nitrogen and oxygen atoms in total. The number of hydrogen-bond donors (Lipinski definition) is 1. The maximum Gasteiger partial charge on any atom is 0.230 e. The topological polar surface area (TPSA) is 40.5 Å². The zero-order valence-corrected chi connectivity index (χ0v) is 12.8. The van der Waals surface area contributed by atoms with E-state index < -0.39 is 0 Å². The quantitative estimate of drug-likeness (QED) is 0.927. The summed E-state index contributed by atoms with van der Waals surface area (Å²) < 4.78 is 0. The maximum atomic E-state index is 12.8. The fourth-order valence-corrected chi connectivity index (χ4v) is 3.10. The molecule has 2 atom stereocenters. The van der Waals surface area contributed by atoms with Gasteiger partial charge in [-0.25, -0.2) is 0 Å². The molecule has 1 fully saturated rings. The van der Waals surface area contributed by atoms with Crippen LogP contribution in [0.2, 0.25) is 5.02 Å². The van der Waals surface area contributed by atoms with Gasteiger partial charge in [-0.15, -0.1) is 0 Å². The second-order valence-electron chi connectivity index (χ2n) is 5.78. The molecule has 1 aromatic carbocycles. The molecule has 0 radical (unpaired) electrons. The molecule has 1 heterocycles. The van der Waals surface area contributed by atoms with Crippen molar-refractivity contribution >= 4 is 17.5 Å². The van der Waals surface area contributed by atoms with Crippen LogP contribution in [-0.2, 0) is 4.79 Å². The van der Waals surface area contributed by atoms with Crippen LogP contribution in [0.1, 0.15) is 38.2 Å².